The van der Waals surface area contributed by atoms with E-state index in [1.165, 1.54) is 19.3 Å². The first-order chi connectivity index (χ1) is 9.75. The van der Waals surface area contributed by atoms with Gasteiger partial charge in [0.25, 0.3) is 0 Å². The SMILES string of the molecule is C[C@H]1[C@@H](c2ccccc2)OC(=O)NN1C1CCCCC1. The Morgan fingerprint density at radius 3 is 2.55 bits per heavy atom. The van der Waals surface area contributed by atoms with Crippen LogP contribution < -0.4 is 5.43 Å². The molecular formula is C16H22N2O2. The summed E-state index contributed by atoms with van der Waals surface area (Å²) in [6, 6.07) is 10.6. The lowest BCUT2D eigenvalue weighted by atomic mass is 9.92. The smallest absolute Gasteiger partial charge is 0.422 e. The van der Waals surface area contributed by atoms with Crippen molar-refractivity contribution in [3.8, 4) is 0 Å². The molecule has 4 nitrogen and oxygen atoms in total. The Morgan fingerprint density at radius 1 is 1.15 bits per heavy atom. The summed E-state index contributed by atoms with van der Waals surface area (Å²) in [7, 11) is 0. The second-order valence-electron chi connectivity index (χ2n) is 5.79. The van der Waals surface area contributed by atoms with Crippen LogP contribution >= 0.6 is 0 Å². The summed E-state index contributed by atoms with van der Waals surface area (Å²) in [6.45, 7) is 2.13. The van der Waals surface area contributed by atoms with Gasteiger partial charge in [0.1, 0.15) is 6.10 Å². The van der Waals surface area contributed by atoms with Crippen LogP contribution in [0.3, 0.4) is 0 Å². The van der Waals surface area contributed by atoms with Crippen LogP contribution in [0.1, 0.15) is 50.7 Å². The number of nitrogens with zero attached hydrogens (tertiary/aromatic N) is 1. The minimum absolute atomic E-state index is 0.151. The first-order valence-corrected chi connectivity index (χ1v) is 7.56. The predicted molar refractivity (Wildman–Crippen MR) is 77.0 cm³/mol. The summed E-state index contributed by atoms with van der Waals surface area (Å²) in [6.07, 6.45) is 5.61. The molecule has 2 fully saturated rings. The van der Waals surface area contributed by atoms with E-state index in [-0.39, 0.29) is 18.2 Å². The number of rotatable bonds is 2. The fraction of sp³-hybridized carbons (Fsp3) is 0.562. The van der Waals surface area contributed by atoms with Crippen LogP contribution in [0.4, 0.5) is 4.79 Å². The number of carbonyl (C=O) groups is 1. The Balaban J connectivity index is 1.80. The van der Waals surface area contributed by atoms with Gasteiger partial charge in [-0.15, -0.1) is 0 Å². The van der Waals surface area contributed by atoms with Gasteiger partial charge < -0.3 is 4.74 Å². The Morgan fingerprint density at radius 2 is 1.85 bits per heavy atom. The molecule has 2 aliphatic rings. The van der Waals surface area contributed by atoms with Gasteiger partial charge in [0, 0.05) is 6.04 Å². The lowest BCUT2D eigenvalue weighted by molar-refractivity contribution is -0.0646. The van der Waals surface area contributed by atoms with Gasteiger partial charge in [0.15, 0.2) is 0 Å². The number of amides is 1. The van der Waals surface area contributed by atoms with Crippen LogP contribution in [0.15, 0.2) is 30.3 Å². The van der Waals surface area contributed by atoms with Crippen LogP contribution in [-0.4, -0.2) is 23.2 Å². The van der Waals surface area contributed by atoms with E-state index in [9.17, 15) is 4.79 Å². The molecule has 1 heterocycles. The van der Waals surface area contributed by atoms with Gasteiger partial charge >= 0.3 is 6.09 Å². The summed E-state index contributed by atoms with van der Waals surface area (Å²) >= 11 is 0. The molecular weight excluding hydrogens is 252 g/mol. The maximum atomic E-state index is 11.9. The van der Waals surface area contributed by atoms with Gasteiger partial charge in [-0.3, -0.25) is 5.43 Å². The molecule has 0 spiro atoms. The van der Waals surface area contributed by atoms with Gasteiger partial charge in [0.2, 0.25) is 0 Å². The number of cyclic esters (lactones) is 1. The van der Waals surface area contributed by atoms with E-state index in [0.29, 0.717) is 6.04 Å². The maximum absolute atomic E-state index is 11.9. The monoisotopic (exact) mass is 274 g/mol. The van der Waals surface area contributed by atoms with E-state index in [0.717, 1.165) is 18.4 Å². The molecule has 1 aliphatic heterocycles. The Kier molecular flexibility index (Phi) is 3.92. The molecule has 20 heavy (non-hydrogen) atoms. The van der Waals surface area contributed by atoms with E-state index < -0.39 is 0 Å². The number of hydrogen-bond donors (Lipinski definition) is 1. The maximum Gasteiger partial charge on any atom is 0.422 e. The molecule has 0 bridgehead atoms. The van der Waals surface area contributed by atoms with E-state index in [4.69, 9.17) is 4.74 Å². The van der Waals surface area contributed by atoms with E-state index in [1.807, 2.05) is 30.3 Å². The minimum atomic E-state index is -0.331. The summed E-state index contributed by atoms with van der Waals surface area (Å²) in [5.74, 6) is 0. The van der Waals surface area contributed by atoms with Crippen LogP contribution in [0.5, 0.6) is 0 Å². The third-order valence-electron chi connectivity index (χ3n) is 4.43. The summed E-state index contributed by atoms with van der Waals surface area (Å²) < 4.78 is 5.51. The van der Waals surface area contributed by atoms with Crippen molar-refractivity contribution in [2.24, 2.45) is 0 Å². The summed E-state index contributed by atoms with van der Waals surface area (Å²) in [4.78, 5) is 11.9. The van der Waals surface area contributed by atoms with Crippen LogP contribution in [0, 0.1) is 0 Å². The summed E-state index contributed by atoms with van der Waals surface area (Å²) in [5.41, 5.74) is 3.97. The standard InChI is InChI=1S/C16H22N2O2/c1-12-15(13-8-4-2-5-9-13)20-16(19)17-18(12)14-10-6-3-7-11-14/h2,4-5,8-9,12,14-15H,3,6-7,10-11H2,1H3,(H,17,19)/t12-,15-/m0/s1. The molecule has 1 aromatic carbocycles. The molecule has 3 rings (SSSR count). The van der Waals surface area contributed by atoms with Crippen LogP contribution in [-0.2, 0) is 4.74 Å². The quantitative estimate of drug-likeness (QED) is 0.898. The molecule has 1 aromatic rings. The zero-order valence-electron chi connectivity index (χ0n) is 11.9. The van der Waals surface area contributed by atoms with Crippen molar-refractivity contribution in [1.29, 1.82) is 0 Å². The van der Waals surface area contributed by atoms with Crippen molar-refractivity contribution in [2.75, 3.05) is 0 Å². The van der Waals surface area contributed by atoms with Crippen molar-refractivity contribution in [3.05, 3.63) is 35.9 Å². The van der Waals surface area contributed by atoms with E-state index in [2.05, 4.69) is 17.4 Å². The van der Waals surface area contributed by atoms with Crippen molar-refractivity contribution >= 4 is 6.09 Å². The second-order valence-corrected chi connectivity index (χ2v) is 5.79. The Hall–Kier alpha value is -1.55. The number of ether oxygens (including phenoxy) is 1. The molecule has 0 radical (unpaired) electrons. The van der Waals surface area contributed by atoms with Crippen LogP contribution in [0.2, 0.25) is 0 Å². The van der Waals surface area contributed by atoms with Crippen molar-refractivity contribution < 1.29 is 9.53 Å². The fourth-order valence-electron chi connectivity index (χ4n) is 3.37. The summed E-state index contributed by atoms with van der Waals surface area (Å²) in [5, 5.41) is 2.13. The van der Waals surface area contributed by atoms with Crippen LogP contribution in [0.25, 0.3) is 0 Å². The predicted octanol–water partition coefficient (Wildman–Crippen LogP) is 3.41. The van der Waals surface area contributed by atoms with Gasteiger partial charge in [-0.25, -0.2) is 9.80 Å². The molecule has 1 N–H and O–H groups in total. The number of hydrogen-bond acceptors (Lipinski definition) is 3. The molecule has 1 aliphatic carbocycles. The normalized spacial score (nSPS) is 28.8. The zero-order chi connectivity index (χ0) is 13.9. The second kappa shape index (κ2) is 5.83. The van der Waals surface area contributed by atoms with Crippen molar-refractivity contribution in [3.63, 3.8) is 0 Å². The topological polar surface area (TPSA) is 41.6 Å². The molecule has 108 valence electrons. The highest BCUT2D eigenvalue weighted by atomic mass is 16.6. The van der Waals surface area contributed by atoms with Gasteiger partial charge in [0.05, 0.1) is 6.04 Å². The highest BCUT2D eigenvalue weighted by molar-refractivity contribution is 5.68. The zero-order valence-corrected chi connectivity index (χ0v) is 11.9. The lowest BCUT2D eigenvalue weighted by Gasteiger charge is -2.44. The molecule has 1 saturated carbocycles. The lowest BCUT2D eigenvalue weighted by Crippen LogP contribution is -2.59. The average Bonchev–Trinajstić information content (AvgIpc) is 2.51. The Bertz CT molecular complexity index is 457. The first kappa shape index (κ1) is 13.4. The number of hydrazine groups is 1. The van der Waals surface area contributed by atoms with Crippen molar-refractivity contribution in [1.82, 2.24) is 10.4 Å². The molecule has 2 atom stereocenters. The van der Waals surface area contributed by atoms with Gasteiger partial charge in [-0.2, -0.15) is 0 Å². The van der Waals surface area contributed by atoms with Gasteiger partial charge in [-0.1, -0.05) is 49.6 Å². The highest BCUT2D eigenvalue weighted by Gasteiger charge is 2.38. The molecule has 0 unspecified atom stereocenters. The number of nitrogens with one attached hydrogen (secondary N) is 1. The molecule has 4 heteroatoms. The molecule has 1 amide bonds. The third kappa shape index (κ3) is 2.66. The Labute approximate surface area is 120 Å². The fourth-order valence-corrected chi connectivity index (χ4v) is 3.37. The number of benzene rings is 1. The first-order valence-electron chi connectivity index (χ1n) is 7.56. The highest BCUT2D eigenvalue weighted by Crippen LogP contribution is 2.32. The van der Waals surface area contributed by atoms with E-state index >= 15 is 0 Å². The largest absolute Gasteiger partial charge is 0.439 e. The molecule has 1 saturated heterocycles. The minimum Gasteiger partial charge on any atom is -0.439 e. The van der Waals surface area contributed by atoms with Gasteiger partial charge in [-0.05, 0) is 25.3 Å². The molecule has 0 aromatic heterocycles. The third-order valence-corrected chi connectivity index (χ3v) is 4.43. The van der Waals surface area contributed by atoms with Crippen molar-refractivity contribution in [2.45, 2.75) is 57.2 Å². The number of carbonyl (C=O) groups excluding carboxylic acids is 1. The average molecular weight is 274 g/mol. The van der Waals surface area contributed by atoms with E-state index in [1.54, 1.807) is 0 Å².